The first kappa shape index (κ1) is 17.9. The zero-order valence-corrected chi connectivity index (χ0v) is 15.7. The maximum atomic E-state index is 13.7. The SMILES string of the molecule is COCC(=O)C1CN2CC3C(=O)N(c4cnc(C#N)c5ccccc45)C(=O)[N+]13C2. The number of imide groups is 1. The first-order chi connectivity index (χ1) is 14.0. The highest BCUT2D eigenvalue weighted by Crippen LogP contribution is 2.44. The molecule has 0 N–H and O–H groups in total. The predicted molar refractivity (Wildman–Crippen MR) is 100 cm³/mol. The van der Waals surface area contributed by atoms with Gasteiger partial charge in [0.1, 0.15) is 25.0 Å². The van der Waals surface area contributed by atoms with Crippen molar-refractivity contribution in [3.8, 4) is 6.07 Å². The average Bonchev–Trinajstić information content (AvgIpc) is 3.36. The molecule has 3 aliphatic heterocycles. The van der Waals surface area contributed by atoms with Crippen LogP contribution in [0.5, 0.6) is 0 Å². The number of quaternary nitrogens is 1. The number of hydrogen-bond donors (Lipinski definition) is 0. The minimum Gasteiger partial charge on any atom is -0.377 e. The van der Waals surface area contributed by atoms with Gasteiger partial charge in [0.05, 0.1) is 25.0 Å². The third-order valence-electron chi connectivity index (χ3n) is 6.24. The number of fused-ring (bicyclic) bond motifs is 2. The van der Waals surface area contributed by atoms with Crippen LogP contribution in [0.1, 0.15) is 5.69 Å². The number of urea groups is 1. The molecule has 3 aliphatic rings. The van der Waals surface area contributed by atoms with Gasteiger partial charge in [0.15, 0.2) is 12.1 Å². The molecular weight excluding hydrogens is 374 g/mol. The summed E-state index contributed by atoms with van der Waals surface area (Å²) in [4.78, 5) is 47.0. The number of nitrogens with zero attached hydrogens (tertiary/aromatic N) is 5. The topological polar surface area (TPSA) is 104 Å². The molecule has 9 nitrogen and oxygen atoms in total. The summed E-state index contributed by atoms with van der Waals surface area (Å²) >= 11 is 0. The molecule has 0 aliphatic carbocycles. The molecule has 1 aromatic heterocycles. The van der Waals surface area contributed by atoms with Crippen LogP contribution in [0, 0.1) is 11.3 Å². The Kier molecular flexibility index (Phi) is 3.79. The van der Waals surface area contributed by atoms with Gasteiger partial charge in [0.25, 0.3) is 5.91 Å². The molecule has 1 aromatic carbocycles. The summed E-state index contributed by atoms with van der Waals surface area (Å²) in [6, 6.07) is 7.47. The Balaban J connectivity index is 1.64. The molecule has 146 valence electrons. The summed E-state index contributed by atoms with van der Waals surface area (Å²) in [7, 11) is 1.44. The van der Waals surface area contributed by atoms with Crippen molar-refractivity contribution in [2.75, 3.05) is 38.4 Å². The van der Waals surface area contributed by atoms with E-state index in [9.17, 15) is 19.6 Å². The van der Waals surface area contributed by atoms with Crippen molar-refractivity contribution >= 4 is 34.2 Å². The number of Topliss-reactive ketones (excluding diaryl/α,β-unsaturated/α-hetero) is 1. The van der Waals surface area contributed by atoms with E-state index < -0.39 is 18.1 Å². The number of nitriles is 1. The number of hydrogen-bond acceptors (Lipinski definition) is 7. The number of rotatable bonds is 4. The van der Waals surface area contributed by atoms with Gasteiger partial charge >= 0.3 is 6.03 Å². The Morgan fingerprint density at radius 2 is 2.07 bits per heavy atom. The second-order valence-electron chi connectivity index (χ2n) is 7.64. The highest BCUT2D eigenvalue weighted by Gasteiger charge is 2.73. The third-order valence-corrected chi connectivity index (χ3v) is 6.24. The van der Waals surface area contributed by atoms with Gasteiger partial charge in [-0.25, -0.2) is 19.2 Å². The lowest BCUT2D eigenvalue weighted by Gasteiger charge is -2.32. The number of anilines is 1. The van der Waals surface area contributed by atoms with E-state index in [0.717, 1.165) is 4.90 Å². The lowest BCUT2D eigenvalue weighted by Crippen LogP contribution is -2.62. The van der Waals surface area contributed by atoms with Crippen LogP contribution in [0.2, 0.25) is 0 Å². The van der Waals surface area contributed by atoms with E-state index in [1.165, 1.54) is 13.3 Å². The van der Waals surface area contributed by atoms with E-state index in [0.29, 0.717) is 36.2 Å². The van der Waals surface area contributed by atoms with Gasteiger partial charge in [0.2, 0.25) is 5.78 Å². The van der Waals surface area contributed by atoms with Crippen LogP contribution in [0.25, 0.3) is 10.8 Å². The first-order valence-electron chi connectivity index (χ1n) is 9.30. The van der Waals surface area contributed by atoms with Crippen LogP contribution < -0.4 is 4.90 Å². The largest absolute Gasteiger partial charge is 0.433 e. The molecule has 9 heteroatoms. The Morgan fingerprint density at radius 1 is 1.31 bits per heavy atom. The first-order valence-corrected chi connectivity index (χ1v) is 9.30. The molecule has 2 bridgehead atoms. The Hall–Kier alpha value is -3.19. The summed E-state index contributed by atoms with van der Waals surface area (Å²) < 4.78 is 4.80. The Morgan fingerprint density at radius 3 is 2.79 bits per heavy atom. The summed E-state index contributed by atoms with van der Waals surface area (Å²) in [6.07, 6.45) is 1.40. The third kappa shape index (κ3) is 2.19. The van der Waals surface area contributed by atoms with Gasteiger partial charge < -0.3 is 4.74 Å². The zero-order chi connectivity index (χ0) is 20.3. The maximum Gasteiger partial charge on any atom is 0.433 e. The van der Waals surface area contributed by atoms with Crippen LogP contribution in [-0.4, -0.2) is 77.6 Å². The second kappa shape index (κ2) is 6.15. The van der Waals surface area contributed by atoms with Gasteiger partial charge in [-0.15, -0.1) is 0 Å². The molecule has 3 amide bonds. The molecule has 2 aromatic rings. The quantitative estimate of drug-likeness (QED) is 0.555. The Labute approximate surface area is 166 Å². The van der Waals surface area contributed by atoms with Gasteiger partial charge in [0, 0.05) is 17.9 Å². The van der Waals surface area contributed by atoms with E-state index in [1.807, 2.05) is 11.0 Å². The van der Waals surface area contributed by atoms with Crippen molar-refractivity contribution in [3.63, 3.8) is 0 Å². The molecule has 29 heavy (non-hydrogen) atoms. The van der Waals surface area contributed by atoms with Crippen molar-refractivity contribution in [2.45, 2.75) is 12.1 Å². The van der Waals surface area contributed by atoms with Crippen molar-refractivity contribution in [3.05, 3.63) is 36.2 Å². The summed E-state index contributed by atoms with van der Waals surface area (Å²) in [5, 5.41) is 10.5. The van der Waals surface area contributed by atoms with Crippen molar-refractivity contribution in [1.82, 2.24) is 9.88 Å². The molecule has 4 unspecified atom stereocenters. The molecule has 4 atom stereocenters. The van der Waals surface area contributed by atoms with E-state index >= 15 is 0 Å². The van der Waals surface area contributed by atoms with Crippen molar-refractivity contribution in [2.24, 2.45) is 0 Å². The summed E-state index contributed by atoms with van der Waals surface area (Å²) in [5.41, 5.74) is 0.587. The highest BCUT2D eigenvalue weighted by molar-refractivity contribution is 6.22. The molecule has 1 spiro atoms. The zero-order valence-electron chi connectivity index (χ0n) is 15.7. The number of amides is 3. The second-order valence-corrected chi connectivity index (χ2v) is 7.64. The minimum atomic E-state index is -0.618. The van der Waals surface area contributed by atoms with Crippen LogP contribution in [0.3, 0.4) is 0 Å². The summed E-state index contributed by atoms with van der Waals surface area (Å²) in [6.45, 7) is 1.14. The summed E-state index contributed by atoms with van der Waals surface area (Å²) in [5.74, 6) is -0.505. The smallest absolute Gasteiger partial charge is 0.377 e. The molecular formula is C20H18N5O4+. The number of ketones is 1. The predicted octanol–water partition coefficient (Wildman–Crippen LogP) is 0.629. The number of benzene rings is 1. The van der Waals surface area contributed by atoms with Gasteiger partial charge in [-0.2, -0.15) is 10.2 Å². The van der Waals surface area contributed by atoms with Crippen molar-refractivity contribution in [1.29, 1.82) is 5.26 Å². The number of piperazine rings is 1. The molecule has 5 rings (SSSR count). The van der Waals surface area contributed by atoms with Gasteiger partial charge in [-0.05, 0) is 0 Å². The fourth-order valence-corrected chi connectivity index (χ4v) is 5.01. The van der Waals surface area contributed by atoms with Gasteiger partial charge in [-0.3, -0.25) is 9.59 Å². The number of methoxy groups -OCH3 is 1. The fourth-order valence-electron chi connectivity index (χ4n) is 5.01. The van der Waals surface area contributed by atoms with E-state index in [-0.39, 0.29) is 28.5 Å². The molecule has 0 radical (unpaired) electrons. The van der Waals surface area contributed by atoms with Crippen molar-refractivity contribution < 1.29 is 23.6 Å². The average molecular weight is 392 g/mol. The standard InChI is InChI=1S/C20H18N5O4/c1-29-10-18(26)16-8-23-9-17-19(27)24(20(28)25(16,17)11-23)15-7-22-14(6-21)12-4-2-3-5-13(12)15/h2-5,7,16-17H,8-11H2,1H3/q+1. The van der Waals surface area contributed by atoms with Crippen LogP contribution >= 0.6 is 0 Å². The number of carbonyl (C=O) groups excluding carboxylic acids is 3. The monoisotopic (exact) mass is 392 g/mol. The molecule has 3 fully saturated rings. The molecule has 3 saturated heterocycles. The fraction of sp³-hybridized carbons (Fsp3) is 0.350. The number of ether oxygens (including phenoxy) is 1. The molecule has 0 saturated carbocycles. The normalized spacial score (nSPS) is 30.1. The number of aromatic nitrogens is 1. The lowest BCUT2D eigenvalue weighted by atomic mass is 10.1. The van der Waals surface area contributed by atoms with Crippen LogP contribution in [-0.2, 0) is 14.3 Å². The van der Waals surface area contributed by atoms with E-state index in [1.54, 1.807) is 24.3 Å². The Bertz CT molecular complexity index is 1130. The lowest BCUT2D eigenvalue weighted by molar-refractivity contribution is -0.852. The van der Waals surface area contributed by atoms with E-state index in [2.05, 4.69) is 4.98 Å². The maximum absolute atomic E-state index is 13.7. The minimum absolute atomic E-state index is 0.0892. The van der Waals surface area contributed by atoms with Crippen LogP contribution in [0.15, 0.2) is 30.5 Å². The number of carbonyl (C=O) groups is 3. The highest BCUT2D eigenvalue weighted by atomic mass is 16.5. The van der Waals surface area contributed by atoms with Gasteiger partial charge in [-0.1, -0.05) is 24.3 Å². The van der Waals surface area contributed by atoms with Crippen LogP contribution in [0.4, 0.5) is 10.5 Å². The number of pyridine rings is 1. The molecule has 4 heterocycles. The van der Waals surface area contributed by atoms with E-state index in [4.69, 9.17) is 4.74 Å².